The lowest BCUT2D eigenvalue weighted by atomic mass is 10.0. The molecule has 1 aliphatic rings. The number of oxime groups is 1. The standard InChI is InChI=1S/C13H15NO3/c1-10(15)16-9-13-8-12(14-17-13)7-11-5-3-2-4-6-11/h2-6,13H,7-9H2,1H3. The van der Waals surface area contributed by atoms with Crippen LogP contribution in [0.5, 0.6) is 0 Å². The highest BCUT2D eigenvalue weighted by Crippen LogP contribution is 2.14. The molecule has 1 heterocycles. The van der Waals surface area contributed by atoms with Gasteiger partial charge in [0.05, 0.1) is 5.71 Å². The molecule has 4 heteroatoms. The van der Waals surface area contributed by atoms with Gasteiger partial charge in [0.15, 0.2) is 6.10 Å². The Morgan fingerprint density at radius 2 is 2.24 bits per heavy atom. The van der Waals surface area contributed by atoms with Crippen molar-refractivity contribution in [3.63, 3.8) is 0 Å². The highest BCUT2D eigenvalue weighted by Gasteiger charge is 2.21. The van der Waals surface area contributed by atoms with Crippen molar-refractivity contribution in [2.24, 2.45) is 5.16 Å². The molecule has 0 aliphatic carbocycles. The first kappa shape index (κ1) is 11.6. The van der Waals surface area contributed by atoms with E-state index >= 15 is 0 Å². The van der Waals surface area contributed by atoms with Crippen LogP contribution in [0.3, 0.4) is 0 Å². The van der Waals surface area contributed by atoms with E-state index in [0.29, 0.717) is 0 Å². The molecule has 0 saturated heterocycles. The van der Waals surface area contributed by atoms with Crippen LogP contribution in [0.4, 0.5) is 0 Å². The van der Waals surface area contributed by atoms with Crippen molar-refractivity contribution in [3.05, 3.63) is 35.9 Å². The van der Waals surface area contributed by atoms with Crippen molar-refractivity contribution in [1.29, 1.82) is 0 Å². The Balaban J connectivity index is 1.80. The van der Waals surface area contributed by atoms with E-state index in [0.717, 1.165) is 18.6 Å². The van der Waals surface area contributed by atoms with Gasteiger partial charge < -0.3 is 9.57 Å². The maximum Gasteiger partial charge on any atom is 0.302 e. The number of carbonyl (C=O) groups is 1. The normalized spacial score (nSPS) is 18.4. The van der Waals surface area contributed by atoms with Gasteiger partial charge in [-0.2, -0.15) is 0 Å². The van der Waals surface area contributed by atoms with Gasteiger partial charge in [-0.05, 0) is 5.56 Å². The number of hydrogen-bond donors (Lipinski definition) is 0. The molecule has 1 aromatic carbocycles. The summed E-state index contributed by atoms with van der Waals surface area (Å²) in [6.07, 6.45) is 1.39. The molecule has 0 spiro atoms. The summed E-state index contributed by atoms with van der Waals surface area (Å²) in [6, 6.07) is 10.1. The van der Waals surface area contributed by atoms with Crippen LogP contribution in [0.15, 0.2) is 35.5 Å². The summed E-state index contributed by atoms with van der Waals surface area (Å²) in [7, 11) is 0. The van der Waals surface area contributed by atoms with Crippen molar-refractivity contribution in [2.75, 3.05) is 6.61 Å². The summed E-state index contributed by atoms with van der Waals surface area (Å²) >= 11 is 0. The SMILES string of the molecule is CC(=O)OCC1CC(Cc2ccccc2)=NO1. The average Bonchev–Trinajstić information content (AvgIpc) is 2.75. The molecule has 0 saturated carbocycles. The molecule has 2 rings (SSSR count). The summed E-state index contributed by atoms with van der Waals surface area (Å²) in [6.45, 7) is 1.66. The lowest BCUT2D eigenvalue weighted by molar-refractivity contribution is -0.144. The van der Waals surface area contributed by atoms with Gasteiger partial charge in [0.2, 0.25) is 0 Å². The first-order valence-corrected chi connectivity index (χ1v) is 5.63. The van der Waals surface area contributed by atoms with E-state index in [1.165, 1.54) is 12.5 Å². The van der Waals surface area contributed by atoms with Crippen molar-refractivity contribution in [3.8, 4) is 0 Å². The Bertz CT molecular complexity index is 414. The van der Waals surface area contributed by atoms with E-state index in [4.69, 9.17) is 9.57 Å². The van der Waals surface area contributed by atoms with Gasteiger partial charge in [0, 0.05) is 19.8 Å². The maximum atomic E-state index is 10.7. The van der Waals surface area contributed by atoms with Crippen LogP contribution in [0.2, 0.25) is 0 Å². The summed E-state index contributed by atoms with van der Waals surface area (Å²) in [4.78, 5) is 15.9. The Morgan fingerprint density at radius 1 is 1.47 bits per heavy atom. The highest BCUT2D eigenvalue weighted by atomic mass is 16.7. The predicted molar refractivity (Wildman–Crippen MR) is 63.7 cm³/mol. The van der Waals surface area contributed by atoms with E-state index in [2.05, 4.69) is 17.3 Å². The molecule has 1 aliphatic heterocycles. The van der Waals surface area contributed by atoms with Crippen LogP contribution in [0.1, 0.15) is 18.9 Å². The van der Waals surface area contributed by atoms with Crippen LogP contribution in [-0.4, -0.2) is 24.4 Å². The average molecular weight is 233 g/mol. The van der Waals surface area contributed by atoms with Crippen LogP contribution in [0, 0.1) is 0 Å². The minimum absolute atomic E-state index is 0.127. The Labute approximate surface area is 100 Å². The second-order valence-electron chi connectivity index (χ2n) is 4.05. The third kappa shape index (κ3) is 3.59. The molecule has 1 aromatic rings. The molecule has 0 radical (unpaired) electrons. The molecule has 1 unspecified atom stereocenters. The fraction of sp³-hybridized carbons (Fsp3) is 0.385. The zero-order chi connectivity index (χ0) is 12.1. The van der Waals surface area contributed by atoms with E-state index in [-0.39, 0.29) is 18.7 Å². The number of nitrogens with zero attached hydrogens (tertiary/aromatic N) is 1. The monoisotopic (exact) mass is 233 g/mol. The lowest BCUT2D eigenvalue weighted by Gasteiger charge is -2.07. The smallest absolute Gasteiger partial charge is 0.302 e. The van der Waals surface area contributed by atoms with Crippen molar-refractivity contribution in [1.82, 2.24) is 0 Å². The molecule has 0 amide bonds. The Hall–Kier alpha value is -1.84. The minimum Gasteiger partial charge on any atom is -0.462 e. The first-order valence-electron chi connectivity index (χ1n) is 5.63. The van der Waals surface area contributed by atoms with Gasteiger partial charge in [-0.1, -0.05) is 35.5 Å². The second kappa shape index (κ2) is 5.48. The van der Waals surface area contributed by atoms with E-state index in [1.807, 2.05) is 18.2 Å². The number of rotatable bonds is 4. The minimum atomic E-state index is -0.287. The summed E-state index contributed by atoms with van der Waals surface area (Å²) in [5, 5.41) is 4.02. The fourth-order valence-corrected chi connectivity index (χ4v) is 1.72. The Kier molecular flexibility index (Phi) is 3.75. The number of carbonyl (C=O) groups excluding carboxylic acids is 1. The molecular weight excluding hydrogens is 218 g/mol. The summed E-state index contributed by atoms with van der Waals surface area (Å²) < 4.78 is 4.89. The number of ether oxygens (including phenoxy) is 1. The highest BCUT2D eigenvalue weighted by molar-refractivity contribution is 5.87. The zero-order valence-electron chi connectivity index (χ0n) is 9.76. The molecule has 90 valence electrons. The topological polar surface area (TPSA) is 47.9 Å². The van der Waals surface area contributed by atoms with E-state index in [1.54, 1.807) is 0 Å². The molecule has 0 aromatic heterocycles. The van der Waals surface area contributed by atoms with Crippen LogP contribution in [-0.2, 0) is 20.8 Å². The number of esters is 1. The third-order valence-corrected chi connectivity index (χ3v) is 2.52. The van der Waals surface area contributed by atoms with Gasteiger partial charge >= 0.3 is 5.97 Å². The third-order valence-electron chi connectivity index (χ3n) is 2.52. The fourth-order valence-electron chi connectivity index (χ4n) is 1.72. The van der Waals surface area contributed by atoms with Crippen molar-refractivity contribution < 1.29 is 14.4 Å². The summed E-state index contributed by atoms with van der Waals surface area (Å²) in [5.41, 5.74) is 2.20. The van der Waals surface area contributed by atoms with Crippen molar-refractivity contribution in [2.45, 2.75) is 25.9 Å². The molecule has 1 atom stereocenters. The van der Waals surface area contributed by atoms with Crippen LogP contribution < -0.4 is 0 Å². The van der Waals surface area contributed by atoms with E-state index < -0.39 is 0 Å². The van der Waals surface area contributed by atoms with Crippen LogP contribution in [0.25, 0.3) is 0 Å². The molecule has 0 bridgehead atoms. The quantitative estimate of drug-likeness (QED) is 0.747. The number of hydrogen-bond acceptors (Lipinski definition) is 4. The Morgan fingerprint density at radius 3 is 2.94 bits per heavy atom. The lowest BCUT2D eigenvalue weighted by Crippen LogP contribution is -2.18. The second-order valence-corrected chi connectivity index (χ2v) is 4.05. The zero-order valence-corrected chi connectivity index (χ0v) is 9.76. The molecule has 17 heavy (non-hydrogen) atoms. The van der Waals surface area contributed by atoms with Crippen molar-refractivity contribution >= 4 is 11.7 Å². The molecular formula is C13H15NO3. The maximum absolute atomic E-state index is 10.7. The molecule has 0 N–H and O–H groups in total. The van der Waals surface area contributed by atoms with Gasteiger partial charge in [-0.15, -0.1) is 0 Å². The molecule has 0 fully saturated rings. The van der Waals surface area contributed by atoms with Gasteiger partial charge in [0.25, 0.3) is 0 Å². The van der Waals surface area contributed by atoms with Gasteiger partial charge in [-0.25, -0.2) is 0 Å². The summed E-state index contributed by atoms with van der Waals surface area (Å²) in [5.74, 6) is -0.287. The molecule has 4 nitrogen and oxygen atoms in total. The largest absolute Gasteiger partial charge is 0.462 e. The van der Waals surface area contributed by atoms with Gasteiger partial charge in [-0.3, -0.25) is 4.79 Å². The van der Waals surface area contributed by atoms with Gasteiger partial charge in [0.1, 0.15) is 6.61 Å². The predicted octanol–water partition coefficient (Wildman–Crippen LogP) is 1.94. The first-order chi connectivity index (χ1) is 8.24. The van der Waals surface area contributed by atoms with Crippen LogP contribution >= 0.6 is 0 Å². The number of benzene rings is 1. The van der Waals surface area contributed by atoms with E-state index in [9.17, 15) is 4.79 Å².